The van der Waals surface area contributed by atoms with Crippen LogP contribution in [-0.2, 0) is 27.2 Å². The first kappa shape index (κ1) is 24.1. The second kappa shape index (κ2) is 10.1. The van der Waals surface area contributed by atoms with Crippen LogP contribution in [0.1, 0.15) is 64.2 Å². The van der Waals surface area contributed by atoms with E-state index in [-0.39, 0.29) is 17.9 Å². The van der Waals surface area contributed by atoms with Crippen molar-refractivity contribution < 1.29 is 23.5 Å². The van der Waals surface area contributed by atoms with Gasteiger partial charge in [-0.25, -0.2) is 4.79 Å². The molecule has 0 saturated carbocycles. The van der Waals surface area contributed by atoms with Crippen LogP contribution in [0.15, 0.2) is 28.7 Å². The zero-order chi connectivity index (χ0) is 24.3. The van der Waals surface area contributed by atoms with E-state index in [1.807, 2.05) is 29.2 Å². The molecule has 3 amide bonds. The van der Waals surface area contributed by atoms with Crippen LogP contribution < -0.4 is 10.6 Å². The molecule has 8 heteroatoms. The zero-order valence-corrected chi connectivity index (χ0v) is 20.3. The summed E-state index contributed by atoms with van der Waals surface area (Å²) in [4.78, 5) is 40.4. The lowest BCUT2D eigenvalue weighted by Crippen LogP contribution is -2.51. The monoisotopic (exact) mass is 469 g/mol. The molecule has 0 unspecified atom stereocenters. The Labute approximate surface area is 200 Å². The van der Waals surface area contributed by atoms with Gasteiger partial charge in [0.25, 0.3) is 0 Å². The number of rotatable bonds is 1. The van der Waals surface area contributed by atoms with Gasteiger partial charge in [-0.2, -0.15) is 0 Å². The summed E-state index contributed by atoms with van der Waals surface area (Å²) in [5.74, 6) is 0.677. The molecule has 0 aliphatic carbocycles. The van der Waals surface area contributed by atoms with Crippen molar-refractivity contribution in [2.24, 2.45) is 0 Å². The molecule has 0 spiro atoms. The number of hydrogen-bond acceptors (Lipinski definition) is 5. The zero-order valence-electron chi connectivity index (χ0n) is 20.3. The number of nitrogens with zero attached hydrogens (tertiary/aromatic N) is 1. The molecule has 8 nitrogen and oxygen atoms in total. The van der Waals surface area contributed by atoms with Gasteiger partial charge in [0.15, 0.2) is 0 Å². The van der Waals surface area contributed by atoms with E-state index in [2.05, 4.69) is 10.6 Å². The van der Waals surface area contributed by atoms with Crippen LogP contribution in [-0.4, -0.2) is 53.6 Å². The Balaban J connectivity index is 1.62. The molecule has 4 rings (SSSR count). The maximum atomic E-state index is 13.6. The predicted molar refractivity (Wildman–Crippen MR) is 128 cm³/mol. The molecule has 1 saturated heterocycles. The summed E-state index contributed by atoms with van der Waals surface area (Å²) in [6.07, 6.45) is 3.76. The SMILES string of the molecule is CC(C)(C)OC(=O)N[C@H]1CCCNC(=O)CCc2oc3ccccc3c2C[C@@H]2CCCN2C1=O. The van der Waals surface area contributed by atoms with E-state index in [4.69, 9.17) is 9.15 Å². The fourth-order valence-corrected chi connectivity index (χ4v) is 4.91. The van der Waals surface area contributed by atoms with E-state index in [0.29, 0.717) is 45.2 Å². The average Bonchev–Trinajstić information content (AvgIpc) is 3.37. The number of para-hydroxylation sites is 1. The van der Waals surface area contributed by atoms with Crippen LogP contribution in [0.4, 0.5) is 4.79 Å². The molecule has 184 valence electrons. The number of benzene rings is 1. The van der Waals surface area contributed by atoms with Crippen LogP contribution in [0.25, 0.3) is 11.0 Å². The Hall–Kier alpha value is -3.03. The second-order valence-corrected chi connectivity index (χ2v) is 10.2. The Kier molecular flexibility index (Phi) is 7.14. The lowest BCUT2D eigenvalue weighted by atomic mass is 9.98. The fourth-order valence-electron chi connectivity index (χ4n) is 4.91. The summed E-state index contributed by atoms with van der Waals surface area (Å²) in [5, 5.41) is 6.75. The van der Waals surface area contributed by atoms with Crippen LogP contribution in [0.2, 0.25) is 0 Å². The summed E-state index contributed by atoms with van der Waals surface area (Å²) in [7, 11) is 0. The first-order valence-electron chi connectivity index (χ1n) is 12.3. The van der Waals surface area contributed by atoms with Crippen molar-refractivity contribution in [3.05, 3.63) is 35.6 Å². The first-order chi connectivity index (χ1) is 16.2. The smallest absolute Gasteiger partial charge is 0.408 e. The molecular formula is C26H35N3O5. The molecule has 3 heterocycles. The van der Waals surface area contributed by atoms with Gasteiger partial charge >= 0.3 is 6.09 Å². The molecule has 1 aromatic heterocycles. The topological polar surface area (TPSA) is 101 Å². The van der Waals surface area contributed by atoms with E-state index < -0.39 is 17.7 Å². The summed E-state index contributed by atoms with van der Waals surface area (Å²) < 4.78 is 11.5. The molecule has 2 aromatic rings. The molecule has 2 aliphatic heterocycles. The van der Waals surface area contributed by atoms with E-state index in [1.54, 1.807) is 20.8 Å². The fraction of sp³-hybridized carbons (Fsp3) is 0.577. The Morgan fingerprint density at radius 2 is 1.94 bits per heavy atom. The molecule has 1 fully saturated rings. The third-order valence-corrected chi connectivity index (χ3v) is 6.44. The number of ether oxygens (including phenoxy) is 1. The maximum Gasteiger partial charge on any atom is 0.408 e. The van der Waals surface area contributed by atoms with Crippen molar-refractivity contribution in [3.8, 4) is 0 Å². The molecule has 34 heavy (non-hydrogen) atoms. The average molecular weight is 470 g/mol. The molecule has 1 aromatic carbocycles. The molecule has 0 bridgehead atoms. The molecule has 2 aliphatic rings. The van der Waals surface area contributed by atoms with Crippen molar-refractivity contribution in [2.75, 3.05) is 13.1 Å². The third-order valence-electron chi connectivity index (χ3n) is 6.44. The Bertz CT molecular complexity index is 1050. The number of amides is 3. The predicted octanol–water partition coefficient (Wildman–Crippen LogP) is 3.70. The minimum Gasteiger partial charge on any atom is -0.461 e. The van der Waals surface area contributed by atoms with Crippen molar-refractivity contribution in [2.45, 2.75) is 83.4 Å². The van der Waals surface area contributed by atoms with E-state index in [0.717, 1.165) is 35.1 Å². The van der Waals surface area contributed by atoms with Crippen LogP contribution in [0.5, 0.6) is 0 Å². The van der Waals surface area contributed by atoms with E-state index in [9.17, 15) is 14.4 Å². The van der Waals surface area contributed by atoms with E-state index in [1.165, 1.54) is 0 Å². The van der Waals surface area contributed by atoms with Gasteiger partial charge in [-0.3, -0.25) is 9.59 Å². The Morgan fingerprint density at radius 1 is 1.15 bits per heavy atom. The standard InChI is InChI=1S/C26H35N3O5/c1-26(2,3)34-25(32)28-20-10-6-14-27-23(30)13-12-22-19(18-9-4-5-11-21(18)33-22)16-17-8-7-15-29(17)24(20)31/h4-5,9,11,17,20H,6-8,10,12-16H2,1-3H3,(H,27,30)(H,28,32)/t17-,20-/m0/s1. The van der Waals surface area contributed by atoms with Gasteiger partial charge in [0, 0.05) is 42.9 Å². The Morgan fingerprint density at radius 3 is 2.74 bits per heavy atom. The van der Waals surface area contributed by atoms with Gasteiger partial charge in [-0.15, -0.1) is 0 Å². The normalized spacial score (nSPS) is 22.5. The minimum absolute atomic E-state index is 0.0203. The molecular weight excluding hydrogens is 434 g/mol. The van der Waals surface area contributed by atoms with Gasteiger partial charge in [0.05, 0.1) is 0 Å². The number of carbonyl (C=O) groups is 3. The maximum absolute atomic E-state index is 13.6. The van der Waals surface area contributed by atoms with Gasteiger partial charge < -0.3 is 24.7 Å². The van der Waals surface area contributed by atoms with Gasteiger partial charge in [-0.05, 0) is 58.9 Å². The van der Waals surface area contributed by atoms with Gasteiger partial charge in [-0.1, -0.05) is 18.2 Å². The summed E-state index contributed by atoms with van der Waals surface area (Å²) in [6, 6.07) is 7.22. The summed E-state index contributed by atoms with van der Waals surface area (Å²) >= 11 is 0. The van der Waals surface area contributed by atoms with Crippen molar-refractivity contribution in [1.29, 1.82) is 0 Å². The highest BCUT2D eigenvalue weighted by Gasteiger charge is 2.35. The number of hydrogen-bond donors (Lipinski definition) is 2. The molecule has 0 radical (unpaired) electrons. The van der Waals surface area contributed by atoms with E-state index >= 15 is 0 Å². The number of aryl methyl sites for hydroxylation is 1. The second-order valence-electron chi connectivity index (χ2n) is 10.2. The quantitative estimate of drug-likeness (QED) is 0.663. The minimum atomic E-state index is -0.698. The lowest BCUT2D eigenvalue weighted by Gasteiger charge is -2.30. The van der Waals surface area contributed by atoms with Crippen molar-refractivity contribution in [1.82, 2.24) is 15.5 Å². The van der Waals surface area contributed by atoms with Crippen molar-refractivity contribution >= 4 is 28.9 Å². The van der Waals surface area contributed by atoms with Gasteiger partial charge in [0.2, 0.25) is 11.8 Å². The van der Waals surface area contributed by atoms with Crippen LogP contribution in [0.3, 0.4) is 0 Å². The largest absolute Gasteiger partial charge is 0.461 e. The molecule has 2 atom stereocenters. The van der Waals surface area contributed by atoms with Crippen molar-refractivity contribution in [3.63, 3.8) is 0 Å². The van der Waals surface area contributed by atoms with Crippen LogP contribution in [0, 0.1) is 0 Å². The third kappa shape index (κ3) is 5.72. The summed E-state index contributed by atoms with van der Waals surface area (Å²) in [5.41, 5.74) is 1.22. The number of furan rings is 1. The van der Waals surface area contributed by atoms with Gasteiger partial charge in [0.1, 0.15) is 23.0 Å². The lowest BCUT2D eigenvalue weighted by molar-refractivity contribution is -0.134. The number of fused-ring (bicyclic) bond motifs is 4. The number of carbonyl (C=O) groups excluding carboxylic acids is 3. The molecule has 2 N–H and O–H groups in total. The highest BCUT2D eigenvalue weighted by atomic mass is 16.6. The highest BCUT2D eigenvalue weighted by molar-refractivity contribution is 5.87. The first-order valence-corrected chi connectivity index (χ1v) is 12.3. The van der Waals surface area contributed by atoms with Crippen LogP contribution >= 0.6 is 0 Å². The number of alkyl carbamates (subject to hydrolysis) is 1. The summed E-state index contributed by atoms with van der Waals surface area (Å²) in [6.45, 7) is 6.48. The highest BCUT2D eigenvalue weighted by Crippen LogP contribution is 2.32. The number of nitrogens with one attached hydrogen (secondary N) is 2.